The van der Waals surface area contributed by atoms with Crippen molar-refractivity contribution < 1.29 is 8.83 Å². The van der Waals surface area contributed by atoms with Crippen molar-refractivity contribution in [3.8, 4) is 22.3 Å². The molecule has 5 heteroatoms. The molecule has 0 aliphatic carbocycles. The molecule has 0 atom stereocenters. The van der Waals surface area contributed by atoms with Gasteiger partial charge in [0.2, 0.25) is 0 Å². The van der Waals surface area contributed by atoms with Crippen LogP contribution in [0.15, 0.2) is 178 Å². The molecule has 0 saturated heterocycles. The van der Waals surface area contributed by atoms with E-state index >= 15 is 0 Å². The molecule has 0 spiro atoms. The van der Waals surface area contributed by atoms with Crippen molar-refractivity contribution in [3.05, 3.63) is 175 Å². The largest absolute Gasteiger partial charge is 0.456 e. The van der Waals surface area contributed by atoms with Crippen molar-refractivity contribution in [1.82, 2.24) is 0 Å². The maximum atomic E-state index is 9.78. The van der Waals surface area contributed by atoms with E-state index in [-0.39, 0.29) is 5.84 Å². The van der Waals surface area contributed by atoms with Gasteiger partial charge in [-0.05, 0) is 64.7 Å². The molecular weight excluding hydrogens is 603 g/mol. The van der Waals surface area contributed by atoms with Crippen LogP contribution in [0.4, 0.5) is 5.69 Å². The first-order valence-electron chi connectivity index (χ1n) is 16.2. The summed E-state index contributed by atoms with van der Waals surface area (Å²) in [5.74, 6) is 0.682. The summed E-state index contributed by atoms with van der Waals surface area (Å²) in [4.78, 5) is 5.09. The molecule has 2 aromatic heterocycles. The summed E-state index contributed by atoms with van der Waals surface area (Å²) in [6, 6.07) is 54.7. The molecule has 0 saturated carbocycles. The van der Waals surface area contributed by atoms with Gasteiger partial charge in [0.1, 0.15) is 28.2 Å². The maximum Gasteiger partial charge on any atom is 0.155 e. The molecule has 232 valence electrons. The number of aliphatic imine (C=N–C) groups is 1. The molecule has 0 radical (unpaired) electrons. The van der Waals surface area contributed by atoms with Crippen LogP contribution in [-0.2, 0) is 0 Å². The van der Waals surface area contributed by atoms with Crippen molar-refractivity contribution in [3.63, 3.8) is 0 Å². The number of amidine groups is 2. The van der Waals surface area contributed by atoms with Gasteiger partial charge in [0.15, 0.2) is 5.84 Å². The number of para-hydroxylation sites is 3. The Morgan fingerprint density at radius 2 is 1.04 bits per heavy atom. The normalized spacial score (nSPS) is 11.9. The molecule has 0 unspecified atom stereocenters. The number of fused-ring (bicyclic) bond motifs is 6. The van der Waals surface area contributed by atoms with Gasteiger partial charge >= 0.3 is 0 Å². The molecule has 0 aliphatic rings. The Kier molecular flexibility index (Phi) is 6.87. The van der Waals surface area contributed by atoms with Crippen molar-refractivity contribution >= 4 is 61.2 Å². The highest BCUT2D eigenvalue weighted by molar-refractivity contribution is 6.26. The quantitative estimate of drug-likeness (QED) is 0.147. The second kappa shape index (κ2) is 11.8. The molecule has 49 heavy (non-hydrogen) atoms. The summed E-state index contributed by atoms with van der Waals surface area (Å²) in [7, 11) is 0. The van der Waals surface area contributed by atoms with E-state index in [0.717, 1.165) is 71.8 Å². The second-order valence-corrected chi connectivity index (χ2v) is 12.0. The third kappa shape index (κ3) is 5.05. The Balaban J connectivity index is 1.27. The SMILES string of the molecule is N=C(/N=C(\Nc1ccccc1)c1ccc(-c2ccccc2)cc1)c1c(-c2cccc3oc4ccccc4c23)ccc2oc3ccccc3c12. The predicted molar refractivity (Wildman–Crippen MR) is 202 cm³/mol. The number of hydrogen-bond donors (Lipinski definition) is 2. The number of furan rings is 2. The lowest BCUT2D eigenvalue weighted by Gasteiger charge is -2.15. The minimum Gasteiger partial charge on any atom is -0.456 e. The van der Waals surface area contributed by atoms with Crippen molar-refractivity contribution in [1.29, 1.82) is 5.41 Å². The molecular formula is C44H29N3O2. The highest BCUT2D eigenvalue weighted by Gasteiger charge is 2.22. The summed E-state index contributed by atoms with van der Waals surface area (Å²) < 4.78 is 12.6. The Hall–Kier alpha value is -6.72. The molecule has 0 bridgehead atoms. The molecule has 2 N–H and O–H groups in total. The van der Waals surface area contributed by atoms with E-state index in [0.29, 0.717) is 17.0 Å². The third-order valence-electron chi connectivity index (χ3n) is 9.00. The van der Waals surface area contributed by atoms with E-state index in [1.54, 1.807) is 0 Å². The number of anilines is 1. The average molecular weight is 632 g/mol. The molecule has 7 aromatic carbocycles. The molecule has 0 fully saturated rings. The number of nitrogens with one attached hydrogen (secondary N) is 2. The summed E-state index contributed by atoms with van der Waals surface area (Å²) in [6.45, 7) is 0. The lowest BCUT2D eigenvalue weighted by atomic mass is 9.92. The Morgan fingerprint density at radius 1 is 0.469 bits per heavy atom. The van der Waals surface area contributed by atoms with Gasteiger partial charge < -0.3 is 14.2 Å². The first kappa shape index (κ1) is 28.5. The van der Waals surface area contributed by atoms with Gasteiger partial charge in [-0.1, -0.05) is 121 Å². The Morgan fingerprint density at radius 3 is 1.76 bits per heavy atom. The van der Waals surface area contributed by atoms with E-state index in [1.165, 1.54) is 0 Å². The van der Waals surface area contributed by atoms with Gasteiger partial charge in [0.25, 0.3) is 0 Å². The van der Waals surface area contributed by atoms with Crippen LogP contribution in [-0.4, -0.2) is 11.7 Å². The second-order valence-electron chi connectivity index (χ2n) is 12.0. The van der Waals surface area contributed by atoms with Crippen LogP contribution >= 0.6 is 0 Å². The minimum absolute atomic E-state index is 0.113. The van der Waals surface area contributed by atoms with Crippen LogP contribution < -0.4 is 5.32 Å². The van der Waals surface area contributed by atoms with Gasteiger partial charge in [-0.2, -0.15) is 0 Å². The highest BCUT2D eigenvalue weighted by atomic mass is 16.3. The molecule has 9 rings (SSSR count). The number of nitrogens with zero attached hydrogens (tertiary/aromatic N) is 1. The lowest BCUT2D eigenvalue weighted by molar-refractivity contribution is 0.669. The minimum atomic E-state index is 0.113. The van der Waals surface area contributed by atoms with Crippen molar-refractivity contribution in [2.45, 2.75) is 0 Å². The first-order valence-corrected chi connectivity index (χ1v) is 16.2. The van der Waals surface area contributed by atoms with Gasteiger partial charge in [-0.15, -0.1) is 0 Å². The summed E-state index contributed by atoms with van der Waals surface area (Å²) in [5.41, 5.74) is 9.60. The number of rotatable bonds is 5. The Labute approximate surface area is 282 Å². The van der Waals surface area contributed by atoms with Crippen molar-refractivity contribution in [2.24, 2.45) is 4.99 Å². The average Bonchev–Trinajstić information content (AvgIpc) is 3.74. The third-order valence-corrected chi connectivity index (χ3v) is 9.00. The number of hydrogen-bond acceptors (Lipinski definition) is 3. The summed E-state index contributed by atoms with van der Waals surface area (Å²) >= 11 is 0. The van der Waals surface area contributed by atoms with E-state index in [4.69, 9.17) is 13.8 Å². The Bertz CT molecular complexity index is 2690. The standard InChI is InChI=1S/C44H29N3O2/c45-43(47-44(46-31-14-5-2-6-15-31)30-24-22-29(23-25-30)28-12-3-1-4-13-28)42-33(26-27-39-41(42)35-17-8-10-20-37(35)49-39)32-18-11-21-38-40(32)34-16-7-9-19-36(34)48-38/h1-27H,(H2,45,46,47). The van der Waals surface area contributed by atoms with E-state index in [9.17, 15) is 5.41 Å². The first-order chi connectivity index (χ1) is 24.2. The zero-order valence-corrected chi connectivity index (χ0v) is 26.4. The van der Waals surface area contributed by atoms with Crippen molar-refractivity contribution in [2.75, 3.05) is 5.32 Å². The van der Waals surface area contributed by atoms with Gasteiger partial charge in [-0.3, -0.25) is 5.41 Å². The molecule has 0 aliphatic heterocycles. The smallest absolute Gasteiger partial charge is 0.155 e. The van der Waals surface area contributed by atoms with Gasteiger partial charge in [-0.25, -0.2) is 4.99 Å². The fourth-order valence-corrected chi connectivity index (χ4v) is 6.73. The van der Waals surface area contributed by atoms with Crippen LogP contribution in [0, 0.1) is 5.41 Å². The van der Waals surface area contributed by atoms with Crippen LogP contribution in [0.5, 0.6) is 0 Å². The maximum absolute atomic E-state index is 9.78. The van der Waals surface area contributed by atoms with E-state index < -0.39 is 0 Å². The zero-order valence-electron chi connectivity index (χ0n) is 26.4. The fourth-order valence-electron chi connectivity index (χ4n) is 6.73. The fraction of sp³-hybridized carbons (Fsp3) is 0. The molecule has 9 aromatic rings. The van der Waals surface area contributed by atoms with Crippen LogP contribution in [0.25, 0.3) is 66.1 Å². The molecule has 5 nitrogen and oxygen atoms in total. The van der Waals surface area contributed by atoms with Crippen LogP contribution in [0.2, 0.25) is 0 Å². The summed E-state index contributed by atoms with van der Waals surface area (Å²) in [5, 5.41) is 17.1. The van der Waals surface area contributed by atoms with Crippen LogP contribution in [0.1, 0.15) is 11.1 Å². The van der Waals surface area contributed by atoms with E-state index in [1.807, 2.05) is 115 Å². The van der Waals surface area contributed by atoms with Crippen LogP contribution in [0.3, 0.4) is 0 Å². The van der Waals surface area contributed by atoms with E-state index in [2.05, 4.69) is 53.8 Å². The monoisotopic (exact) mass is 631 g/mol. The summed E-state index contributed by atoms with van der Waals surface area (Å²) in [6.07, 6.45) is 0. The predicted octanol–water partition coefficient (Wildman–Crippen LogP) is 11.7. The topological polar surface area (TPSA) is 74.5 Å². The zero-order chi connectivity index (χ0) is 32.7. The lowest BCUT2D eigenvalue weighted by Crippen LogP contribution is -2.16. The highest BCUT2D eigenvalue weighted by Crippen LogP contribution is 2.42. The number of benzene rings is 7. The molecule has 0 amide bonds. The molecule has 2 heterocycles. The van der Waals surface area contributed by atoms with Gasteiger partial charge in [0, 0.05) is 38.4 Å². The van der Waals surface area contributed by atoms with Gasteiger partial charge in [0.05, 0.1) is 0 Å².